The zero-order valence-corrected chi connectivity index (χ0v) is 15.6. The van der Waals surface area contributed by atoms with Gasteiger partial charge in [-0.2, -0.15) is 0 Å². The van der Waals surface area contributed by atoms with E-state index >= 15 is 0 Å². The van der Waals surface area contributed by atoms with Gasteiger partial charge in [-0.3, -0.25) is 20.1 Å². The van der Waals surface area contributed by atoms with Gasteiger partial charge < -0.3 is 9.80 Å². The van der Waals surface area contributed by atoms with Gasteiger partial charge in [-0.05, 0) is 43.4 Å². The van der Waals surface area contributed by atoms with Crippen molar-refractivity contribution in [2.75, 3.05) is 38.1 Å². The smallest absolute Gasteiger partial charge is 0.322 e. The van der Waals surface area contributed by atoms with Gasteiger partial charge in [0.15, 0.2) is 0 Å². The highest BCUT2D eigenvalue weighted by atomic mass is 19.1. The number of pyridine rings is 1. The van der Waals surface area contributed by atoms with Crippen molar-refractivity contribution in [3.63, 3.8) is 0 Å². The maximum Gasteiger partial charge on any atom is 0.324 e. The quantitative estimate of drug-likeness (QED) is 0.468. The molecule has 1 aromatic heterocycles. The van der Waals surface area contributed by atoms with E-state index in [9.17, 15) is 14.0 Å². The van der Waals surface area contributed by atoms with Gasteiger partial charge >= 0.3 is 6.03 Å². The third-order valence-corrected chi connectivity index (χ3v) is 4.68. The van der Waals surface area contributed by atoms with Crippen LogP contribution in [-0.2, 0) is 6.54 Å². The highest BCUT2D eigenvalue weighted by Gasteiger charge is 2.25. The monoisotopic (exact) mass is 386 g/mol. The van der Waals surface area contributed by atoms with E-state index in [0.717, 1.165) is 13.1 Å². The number of piperazine rings is 1. The number of carbonyl (C=O) groups is 2. The molecule has 0 saturated carbocycles. The minimum Gasteiger partial charge on any atom is -0.322 e. The molecule has 0 atom stereocenters. The summed E-state index contributed by atoms with van der Waals surface area (Å²) in [5.74, 6) is 4.31. The summed E-state index contributed by atoms with van der Waals surface area (Å²) in [5.41, 5.74) is 3.55. The number of nitrogens with one attached hydrogen (secondary N) is 1. The number of benzene rings is 1. The van der Waals surface area contributed by atoms with Crippen LogP contribution in [0.25, 0.3) is 0 Å². The van der Waals surface area contributed by atoms with Gasteiger partial charge in [-0.1, -0.05) is 0 Å². The predicted octanol–water partition coefficient (Wildman–Crippen LogP) is 1.20. The first-order chi connectivity index (χ1) is 13.5. The number of amides is 3. The number of rotatable bonds is 4. The lowest BCUT2D eigenvalue weighted by molar-refractivity contribution is 0.0953. The fraction of sp³-hybridized carbons (Fsp3) is 0.316. The molecule has 1 aliphatic heterocycles. The molecule has 148 valence electrons. The average molecular weight is 386 g/mol. The molecule has 3 N–H and O–H groups in total. The number of anilines is 1. The Morgan fingerprint density at radius 3 is 2.39 bits per heavy atom. The number of nitrogen functional groups attached to an aromatic ring is 1. The standard InChI is InChI=1S/C19H23FN6O2/c1-24-8-10-25(11-9-24)19(28)26(17-6-3-15(20)4-7-17)13-16-5-2-14(12-22-16)18(27)23-21/h2-7,12H,8-11,13,21H2,1H3,(H,23,27). The van der Waals surface area contributed by atoms with Crippen LogP contribution in [0.1, 0.15) is 16.1 Å². The van der Waals surface area contributed by atoms with E-state index in [1.54, 1.807) is 34.1 Å². The second-order valence-corrected chi connectivity index (χ2v) is 6.65. The van der Waals surface area contributed by atoms with E-state index in [1.807, 2.05) is 12.5 Å². The lowest BCUT2D eigenvalue weighted by Crippen LogP contribution is -2.52. The molecule has 1 saturated heterocycles. The molecular formula is C19H23FN6O2. The van der Waals surface area contributed by atoms with Crippen LogP contribution in [0.15, 0.2) is 42.6 Å². The van der Waals surface area contributed by atoms with Gasteiger partial charge in [0.2, 0.25) is 0 Å². The lowest BCUT2D eigenvalue weighted by atomic mass is 10.2. The number of hydrogen-bond acceptors (Lipinski definition) is 5. The van der Waals surface area contributed by atoms with Gasteiger partial charge in [-0.25, -0.2) is 15.0 Å². The second kappa shape index (κ2) is 8.77. The second-order valence-electron chi connectivity index (χ2n) is 6.65. The van der Waals surface area contributed by atoms with Crippen LogP contribution >= 0.6 is 0 Å². The van der Waals surface area contributed by atoms with Crippen molar-refractivity contribution in [3.8, 4) is 0 Å². The Labute approximate surface area is 162 Å². The molecule has 3 rings (SSSR count). The molecular weight excluding hydrogens is 363 g/mol. The highest BCUT2D eigenvalue weighted by molar-refractivity contribution is 5.93. The molecule has 2 aromatic rings. The number of urea groups is 1. The summed E-state index contributed by atoms with van der Waals surface area (Å²) < 4.78 is 13.3. The van der Waals surface area contributed by atoms with Crippen molar-refractivity contribution in [2.24, 2.45) is 5.84 Å². The van der Waals surface area contributed by atoms with E-state index in [4.69, 9.17) is 5.84 Å². The molecule has 0 unspecified atom stereocenters. The summed E-state index contributed by atoms with van der Waals surface area (Å²) in [5, 5.41) is 0. The summed E-state index contributed by atoms with van der Waals surface area (Å²) in [4.78, 5) is 34.5. The van der Waals surface area contributed by atoms with Crippen LogP contribution in [0.3, 0.4) is 0 Å². The zero-order chi connectivity index (χ0) is 20.1. The Balaban J connectivity index is 1.82. The van der Waals surface area contributed by atoms with Crippen molar-refractivity contribution in [1.82, 2.24) is 20.2 Å². The maximum atomic E-state index is 13.3. The van der Waals surface area contributed by atoms with Crippen molar-refractivity contribution < 1.29 is 14.0 Å². The first-order valence-corrected chi connectivity index (χ1v) is 8.94. The number of carbonyl (C=O) groups excluding carboxylic acids is 2. The Hall–Kier alpha value is -3.04. The maximum absolute atomic E-state index is 13.3. The van der Waals surface area contributed by atoms with E-state index < -0.39 is 5.91 Å². The first-order valence-electron chi connectivity index (χ1n) is 8.94. The van der Waals surface area contributed by atoms with Gasteiger partial charge in [0.05, 0.1) is 17.8 Å². The van der Waals surface area contributed by atoms with Crippen LogP contribution in [0.4, 0.5) is 14.9 Å². The van der Waals surface area contributed by atoms with Crippen LogP contribution in [-0.4, -0.2) is 59.9 Å². The van der Waals surface area contributed by atoms with Gasteiger partial charge in [0.25, 0.3) is 5.91 Å². The Morgan fingerprint density at radius 2 is 1.82 bits per heavy atom. The van der Waals surface area contributed by atoms with Gasteiger partial charge in [-0.15, -0.1) is 0 Å². The van der Waals surface area contributed by atoms with E-state index in [2.05, 4.69) is 9.88 Å². The lowest BCUT2D eigenvalue weighted by Gasteiger charge is -2.36. The molecule has 1 aliphatic rings. The minimum absolute atomic E-state index is 0.162. The molecule has 1 fully saturated rings. The van der Waals surface area contributed by atoms with Crippen LogP contribution in [0.5, 0.6) is 0 Å². The normalized spacial score (nSPS) is 14.6. The molecule has 0 bridgehead atoms. The summed E-state index contributed by atoms with van der Waals surface area (Å²) in [6.45, 7) is 3.03. The SMILES string of the molecule is CN1CCN(C(=O)N(Cc2ccc(C(=O)NN)cn2)c2ccc(F)cc2)CC1. The van der Waals surface area contributed by atoms with Crippen LogP contribution < -0.4 is 16.2 Å². The molecule has 28 heavy (non-hydrogen) atoms. The van der Waals surface area contributed by atoms with Crippen molar-refractivity contribution in [1.29, 1.82) is 0 Å². The topological polar surface area (TPSA) is 94.8 Å². The van der Waals surface area contributed by atoms with Crippen molar-refractivity contribution in [2.45, 2.75) is 6.54 Å². The molecule has 8 nitrogen and oxygen atoms in total. The minimum atomic E-state index is -0.442. The number of nitrogens with two attached hydrogens (primary N) is 1. The molecule has 9 heteroatoms. The number of likely N-dealkylation sites (N-methyl/N-ethyl adjacent to an activating group) is 1. The fourth-order valence-corrected chi connectivity index (χ4v) is 2.96. The Morgan fingerprint density at radius 1 is 1.14 bits per heavy atom. The summed E-state index contributed by atoms with van der Waals surface area (Å²) in [6, 6.07) is 8.87. The number of hydrogen-bond donors (Lipinski definition) is 2. The first kappa shape index (κ1) is 19.7. The summed E-state index contributed by atoms with van der Waals surface area (Å²) >= 11 is 0. The zero-order valence-electron chi connectivity index (χ0n) is 15.6. The van der Waals surface area contributed by atoms with Crippen LogP contribution in [0, 0.1) is 5.82 Å². The van der Waals surface area contributed by atoms with Crippen LogP contribution in [0.2, 0.25) is 0 Å². The molecule has 1 aromatic carbocycles. The summed E-state index contributed by atoms with van der Waals surface area (Å²) in [7, 11) is 2.02. The van der Waals surface area contributed by atoms with E-state index in [1.165, 1.54) is 18.3 Å². The van der Waals surface area contributed by atoms with Crippen molar-refractivity contribution in [3.05, 3.63) is 59.7 Å². The van der Waals surface area contributed by atoms with Crippen molar-refractivity contribution >= 4 is 17.6 Å². The average Bonchev–Trinajstić information content (AvgIpc) is 2.73. The molecule has 0 aliphatic carbocycles. The number of aromatic nitrogens is 1. The van der Waals surface area contributed by atoms with Gasteiger partial charge in [0, 0.05) is 38.1 Å². The number of hydrazine groups is 1. The third kappa shape index (κ3) is 4.62. The van der Waals surface area contributed by atoms with E-state index in [0.29, 0.717) is 30.0 Å². The number of halogens is 1. The molecule has 0 radical (unpaired) electrons. The highest BCUT2D eigenvalue weighted by Crippen LogP contribution is 2.20. The predicted molar refractivity (Wildman–Crippen MR) is 103 cm³/mol. The summed E-state index contributed by atoms with van der Waals surface area (Å²) in [6.07, 6.45) is 1.40. The number of nitrogens with zero attached hydrogens (tertiary/aromatic N) is 4. The largest absolute Gasteiger partial charge is 0.324 e. The molecule has 3 amide bonds. The molecule has 2 heterocycles. The van der Waals surface area contributed by atoms with Gasteiger partial charge in [0.1, 0.15) is 5.82 Å². The fourth-order valence-electron chi connectivity index (χ4n) is 2.96. The van der Waals surface area contributed by atoms with E-state index in [-0.39, 0.29) is 18.4 Å². The molecule has 0 spiro atoms. The Kier molecular flexibility index (Phi) is 6.17. The Bertz CT molecular complexity index is 819. The third-order valence-electron chi connectivity index (χ3n) is 4.68.